The van der Waals surface area contributed by atoms with Crippen molar-refractivity contribution >= 4 is 5.91 Å². The van der Waals surface area contributed by atoms with Crippen LogP contribution in [0.2, 0.25) is 0 Å². The highest BCUT2D eigenvalue weighted by Crippen LogP contribution is 2.26. The fraction of sp³-hybridized carbons (Fsp3) is 0.533. The van der Waals surface area contributed by atoms with E-state index in [2.05, 4.69) is 24.4 Å². The second-order valence-corrected chi connectivity index (χ2v) is 4.80. The number of carbonyl (C=O) groups is 1. The van der Waals surface area contributed by atoms with Crippen LogP contribution in [0.3, 0.4) is 0 Å². The molecule has 0 unspecified atom stereocenters. The minimum atomic E-state index is 0.0862. The van der Waals surface area contributed by atoms with Crippen molar-refractivity contribution in [2.75, 3.05) is 27.2 Å². The van der Waals surface area contributed by atoms with Crippen LogP contribution in [0.25, 0.3) is 0 Å². The van der Waals surface area contributed by atoms with Crippen molar-refractivity contribution in [1.82, 2.24) is 10.2 Å². The summed E-state index contributed by atoms with van der Waals surface area (Å²) in [7, 11) is 3.48. The van der Waals surface area contributed by atoms with Crippen molar-refractivity contribution in [3.05, 3.63) is 28.8 Å². The molecule has 0 radical (unpaired) electrons. The fourth-order valence-electron chi connectivity index (χ4n) is 2.16. The van der Waals surface area contributed by atoms with E-state index >= 15 is 0 Å². The van der Waals surface area contributed by atoms with Gasteiger partial charge in [0.05, 0.1) is 13.7 Å². The molecule has 1 aromatic carbocycles. The Kier molecular flexibility index (Phi) is 5.83. The lowest BCUT2D eigenvalue weighted by molar-refractivity contribution is -0.129. The van der Waals surface area contributed by atoms with Crippen LogP contribution in [0.1, 0.15) is 23.6 Å². The molecule has 1 N–H and O–H groups in total. The number of methoxy groups -OCH3 is 1. The molecule has 0 bridgehead atoms. The van der Waals surface area contributed by atoms with Gasteiger partial charge in [-0.15, -0.1) is 0 Å². The van der Waals surface area contributed by atoms with Crippen molar-refractivity contribution in [3.63, 3.8) is 0 Å². The molecule has 0 heterocycles. The molecule has 1 rings (SSSR count). The maximum atomic E-state index is 11.9. The maximum Gasteiger partial charge on any atom is 0.236 e. The molecule has 4 nitrogen and oxygen atoms in total. The normalized spacial score (nSPS) is 10.4. The molecule has 0 spiro atoms. The van der Waals surface area contributed by atoms with Crippen LogP contribution in [-0.4, -0.2) is 38.1 Å². The number of hydrogen-bond donors (Lipinski definition) is 1. The number of carbonyl (C=O) groups excluding carboxylic acids is 1. The van der Waals surface area contributed by atoms with Gasteiger partial charge in [-0.3, -0.25) is 4.79 Å². The Morgan fingerprint density at radius 1 is 1.37 bits per heavy atom. The van der Waals surface area contributed by atoms with Gasteiger partial charge in [-0.1, -0.05) is 24.6 Å². The third-order valence-electron chi connectivity index (χ3n) is 3.06. The minimum Gasteiger partial charge on any atom is -0.496 e. The minimum absolute atomic E-state index is 0.0862. The largest absolute Gasteiger partial charge is 0.496 e. The molecule has 0 atom stereocenters. The van der Waals surface area contributed by atoms with E-state index in [4.69, 9.17) is 4.74 Å². The number of benzene rings is 1. The summed E-state index contributed by atoms with van der Waals surface area (Å²) in [4.78, 5) is 13.6. The molecular weight excluding hydrogens is 240 g/mol. The quantitative estimate of drug-likeness (QED) is 0.853. The molecule has 1 aromatic rings. The first-order valence-corrected chi connectivity index (χ1v) is 6.58. The van der Waals surface area contributed by atoms with Crippen molar-refractivity contribution in [1.29, 1.82) is 0 Å². The van der Waals surface area contributed by atoms with Gasteiger partial charge < -0.3 is 15.0 Å². The second-order valence-electron chi connectivity index (χ2n) is 4.80. The van der Waals surface area contributed by atoms with Crippen LogP contribution < -0.4 is 10.1 Å². The number of ether oxygens (including phenoxy) is 1. The first-order valence-electron chi connectivity index (χ1n) is 6.58. The van der Waals surface area contributed by atoms with E-state index in [-0.39, 0.29) is 5.91 Å². The average molecular weight is 264 g/mol. The third kappa shape index (κ3) is 4.24. The van der Waals surface area contributed by atoms with Crippen LogP contribution in [-0.2, 0) is 11.3 Å². The Bertz CT molecular complexity index is 444. The lowest BCUT2D eigenvalue weighted by Gasteiger charge is -2.20. The maximum absolute atomic E-state index is 11.9. The van der Waals surface area contributed by atoms with Crippen LogP contribution in [0.5, 0.6) is 5.75 Å². The molecule has 0 saturated heterocycles. The topological polar surface area (TPSA) is 41.6 Å². The van der Waals surface area contributed by atoms with Gasteiger partial charge in [-0.05, 0) is 26.0 Å². The highest BCUT2D eigenvalue weighted by atomic mass is 16.5. The molecular formula is C15H24N2O2. The molecule has 106 valence electrons. The Morgan fingerprint density at radius 3 is 2.63 bits per heavy atom. The van der Waals surface area contributed by atoms with E-state index in [0.717, 1.165) is 23.4 Å². The zero-order valence-electron chi connectivity index (χ0n) is 12.5. The van der Waals surface area contributed by atoms with Gasteiger partial charge >= 0.3 is 0 Å². The number of nitrogens with one attached hydrogen (secondary N) is 1. The molecule has 0 aliphatic heterocycles. The molecule has 0 saturated carbocycles. The van der Waals surface area contributed by atoms with Crippen molar-refractivity contribution in [2.45, 2.75) is 27.3 Å². The summed E-state index contributed by atoms with van der Waals surface area (Å²) >= 11 is 0. The highest BCUT2D eigenvalue weighted by molar-refractivity contribution is 5.78. The van der Waals surface area contributed by atoms with Gasteiger partial charge in [0, 0.05) is 19.2 Å². The number of nitrogens with zero attached hydrogens (tertiary/aromatic N) is 1. The van der Waals surface area contributed by atoms with Gasteiger partial charge in [0.25, 0.3) is 0 Å². The first-order chi connectivity index (χ1) is 8.99. The number of hydrogen-bond acceptors (Lipinski definition) is 3. The summed E-state index contributed by atoms with van der Waals surface area (Å²) in [5, 5.41) is 3.04. The standard InChI is InChI=1S/C15H24N2O2/c1-6-16-9-14(18)17(4)10-13-8-11(2)7-12(3)15(13)19-5/h7-8,16H,6,9-10H2,1-5H3. The molecule has 0 aliphatic carbocycles. The summed E-state index contributed by atoms with van der Waals surface area (Å²) in [6, 6.07) is 4.16. The lowest BCUT2D eigenvalue weighted by atomic mass is 10.1. The number of rotatable bonds is 6. The van der Waals surface area contributed by atoms with Gasteiger partial charge in [-0.2, -0.15) is 0 Å². The monoisotopic (exact) mass is 264 g/mol. The number of amides is 1. The van der Waals surface area contributed by atoms with Gasteiger partial charge in [0.2, 0.25) is 5.91 Å². The van der Waals surface area contributed by atoms with Crippen molar-refractivity contribution in [3.8, 4) is 5.75 Å². The van der Waals surface area contributed by atoms with Crippen LogP contribution in [0.15, 0.2) is 12.1 Å². The van der Waals surface area contributed by atoms with Crippen molar-refractivity contribution in [2.24, 2.45) is 0 Å². The predicted octanol–water partition coefficient (Wildman–Crippen LogP) is 1.88. The summed E-state index contributed by atoms with van der Waals surface area (Å²) in [6.45, 7) is 7.80. The molecule has 0 fully saturated rings. The van der Waals surface area contributed by atoms with Gasteiger partial charge in [-0.25, -0.2) is 0 Å². The molecule has 0 aliphatic rings. The second kappa shape index (κ2) is 7.14. The van der Waals surface area contributed by atoms with E-state index in [0.29, 0.717) is 13.1 Å². The molecule has 19 heavy (non-hydrogen) atoms. The smallest absolute Gasteiger partial charge is 0.236 e. The Hall–Kier alpha value is -1.55. The molecule has 4 heteroatoms. The van der Waals surface area contributed by atoms with E-state index in [9.17, 15) is 4.79 Å². The summed E-state index contributed by atoms with van der Waals surface area (Å²) in [5.74, 6) is 0.955. The van der Waals surface area contributed by atoms with Crippen LogP contribution in [0.4, 0.5) is 0 Å². The van der Waals surface area contributed by atoms with Crippen LogP contribution >= 0.6 is 0 Å². The Morgan fingerprint density at radius 2 is 2.05 bits per heavy atom. The number of likely N-dealkylation sites (N-methyl/N-ethyl adjacent to an activating group) is 2. The number of aryl methyl sites for hydroxylation is 2. The average Bonchev–Trinajstić information content (AvgIpc) is 2.35. The highest BCUT2D eigenvalue weighted by Gasteiger charge is 2.13. The molecule has 1 amide bonds. The van der Waals surface area contributed by atoms with E-state index < -0.39 is 0 Å². The van der Waals surface area contributed by atoms with E-state index in [1.165, 1.54) is 5.56 Å². The Balaban J connectivity index is 2.83. The molecule has 0 aromatic heterocycles. The predicted molar refractivity (Wildman–Crippen MR) is 77.5 cm³/mol. The third-order valence-corrected chi connectivity index (χ3v) is 3.06. The SMILES string of the molecule is CCNCC(=O)N(C)Cc1cc(C)cc(C)c1OC. The zero-order chi connectivity index (χ0) is 14.4. The first kappa shape index (κ1) is 15.5. The van der Waals surface area contributed by atoms with E-state index in [1.807, 2.05) is 20.9 Å². The van der Waals surface area contributed by atoms with Crippen molar-refractivity contribution < 1.29 is 9.53 Å². The Labute approximate surface area is 115 Å². The summed E-state index contributed by atoms with van der Waals surface area (Å²) in [6.07, 6.45) is 0. The summed E-state index contributed by atoms with van der Waals surface area (Å²) < 4.78 is 5.44. The fourth-order valence-corrected chi connectivity index (χ4v) is 2.16. The van der Waals surface area contributed by atoms with Crippen LogP contribution in [0, 0.1) is 13.8 Å². The van der Waals surface area contributed by atoms with Gasteiger partial charge in [0.1, 0.15) is 5.75 Å². The summed E-state index contributed by atoms with van der Waals surface area (Å²) in [5.41, 5.74) is 3.33. The van der Waals surface area contributed by atoms with Gasteiger partial charge in [0.15, 0.2) is 0 Å². The van der Waals surface area contributed by atoms with E-state index in [1.54, 1.807) is 12.0 Å². The zero-order valence-corrected chi connectivity index (χ0v) is 12.5. The lowest BCUT2D eigenvalue weighted by Crippen LogP contribution is -2.35.